The van der Waals surface area contributed by atoms with E-state index < -0.39 is 0 Å². The Morgan fingerprint density at radius 2 is 2.12 bits per heavy atom. The van der Waals surface area contributed by atoms with Crippen LogP contribution in [0.3, 0.4) is 0 Å². The van der Waals surface area contributed by atoms with Gasteiger partial charge in [0, 0.05) is 36.2 Å². The van der Waals surface area contributed by atoms with Gasteiger partial charge in [0.1, 0.15) is 11.6 Å². The van der Waals surface area contributed by atoms with Gasteiger partial charge in [-0.2, -0.15) is 5.10 Å². The van der Waals surface area contributed by atoms with Crippen LogP contribution in [0.2, 0.25) is 0 Å². The maximum atomic E-state index is 13.5. The van der Waals surface area contributed by atoms with Crippen molar-refractivity contribution in [3.63, 3.8) is 0 Å². The number of rotatable bonds is 2. The van der Waals surface area contributed by atoms with Crippen LogP contribution in [0, 0.1) is 19.7 Å². The van der Waals surface area contributed by atoms with Crippen molar-refractivity contribution in [2.24, 2.45) is 0 Å². The Balaban J connectivity index is 1.66. The monoisotopic (exact) mass is 353 g/mol. The summed E-state index contributed by atoms with van der Waals surface area (Å²) in [5.74, 6) is 1.26. The summed E-state index contributed by atoms with van der Waals surface area (Å²) in [5.41, 5.74) is 1.77. The zero-order valence-electron chi connectivity index (χ0n) is 14.8. The number of aromatic nitrogens is 4. The zero-order chi connectivity index (χ0) is 18.3. The van der Waals surface area contributed by atoms with Crippen molar-refractivity contribution < 1.29 is 9.18 Å². The van der Waals surface area contributed by atoms with E-state index in [9.17, 15) is 9.18 Å². The number of carbonyl (C=O) groups is 1. The molecule has 1 atom stereocenters. The van der Waals surface area contributed by atoms with Crippen LogP contribution in [0.25, 0.3) is 10.9 Å². The van der Waals surface area contributed by atoms with Gasteiger partial charge in [-0.25, -0.2) is 9.37 Å². The van der Waals surface area contributed by atoms with Gasteiger partial charge in [-0.15, -0.1) is 0 Å². The van der Waals surface area contributed by atoms with Crippen LogP contribution in [0.4, 0.5) is 4.39 Å². The number of carbonyl (C=O) groups excluding carboxylic acids is 1. The number of hydrogen-bond acceptors (Lipinski definition) is 4. The lowest BCUT2D eigenvalue weighted by atomic mass is 9.96. The normalized spacial score (nSPS) is 17.7. The molecule has 0 spiro atoms. The molecule has 0 bridgehead atoms. The number of nitrogens with one attached hydrogen (secondary N) is 1. The van der Waals surface area contributed by atoms with Crippen LogP contribution in [-0.4, -0.2) is 44.1 Å². The van der Waals surface area contributed by atoms with E-state index in [1.54, 1.807) is 12.1 Å². The van der Waals surface area contributed by atoms with E-state index in [0.29, 0.717) is 35.2 Å². The number of nitrogens with zero attached hydrogens (tertiary/aromatic N) is 4. The molecule has 2 aromatic heterocycles. The lowest BCUT2D eigenvalue weighted by Gasteiger charge is -2.31. The molecule has 0 aliphatic carbocycles. The minimum absolute atomic E-state index is 0.0518. The van der Waals surface area contributed by atoms with Crippen molar-refractivity contribution in [3.05, 3.63) is 53.0 Å². The number of piperidine rings is 1. The van der Waals surface area contributed by atoms with Crippen molar-refractivity contribution in [1.82, 2.24) is 25.1 Å². The molecule has 4 rings (SSSR count). The average molecular weight is 353 g/mol. The lowest BCUT2D eigenvalue weighted by Crippen LogP contribution is -2.39. The molecular formula is C19H20FN5O. The highest BCUT2D eigenvalue weighted by Gasteiger charge is 2.28. The number of halogens is 1. The molecule has 0 radical (unpaired) electrons. The molecule has 1 N–H and O–H groups in total. The predicted molar refractivity (Wildman–Crippen MR) is 95.4 cm³/mol. The fourth-order valence-corrected chi connectivity index (χ4v) is 3.60. The van der Waals surface area contributed by atoms with E-state index >= 15 is 0 Å². The molecule has 1 aromatic carbocycles. The lowest BCUT2D eigenvalue weighted by molar-refractivity contribution is 0.0706. The highest BCUT2D eigenvalue weighted by molar-refractivity contribution is 6.06. The largest absolute Gasteiger partial charge is 0.338 e. The molecule has 6 nitrogen and oxygen atoms in total. The van der Waals surface area contributed by atoms with Crippen molar-refractivity contribution >= 4 is 16.8 Å². The zero-order valence-corrected chi connectivity index (χ0v) is 14.8. The fraction of sp³-hybridized carbons (Fsp3) is 0.368. The molecule has 1 amide bonds. The Morgan fingerprint density at radius 3 is 2.88 bits per heavy atom. The van der Waals surface area contributed by atoms with Crippen LogP contribution in [0.1, 0.15) is 46.5 Å². The third kappa shape index (κ3) is 3.05. The van der Waals surface area contributed by atoms with E-state index in [2.05, 4.69) is 20.2 Å². The number of fused-ring (bicyclic) bond motifs is 1. The first-order valence-corrected chi connectivity index (χ1v) is 8.76. The Hall–Kier alpha value is -2.83. The average Bonchev–Trinajstić information content (AvgIpc) is 3.06. The van der Waals surface area contributed by atoms with Crippen LogP contribution < -0.4 is 0 Å². The first-order valence-electron chi connectivity index (χ1n) is 8.76. The molecular weight excluding hydrogens is 333 g/mol. The first-order chi connectivity index (χ1) is 12.5. The molecule has 7 heteroatoms. The molecule has 3 heterocycles. The van der Waals surface area contributed by atoms with E-state index in [0.717, 1.165) is 24.5 Å². The number of aryl methyl sites for hydroxylation is 2. The number of aromatic amines is 1. The Bertz CT molecular complexity index is 978. The van der Waals surface area contributed by atoms with Gasteiger partial charge < -0.3 is 4.90 Å². The van der Waals surface area contributed by atoms with Crippen LogP contribution in [0.5, 0.6) is 0 Å². The summed E-state index contributed by atoms with van der Waals surface area (Å²) in [6, 6.07) is 6.15. The molecule has 26 heavy (non-hydrogen) atoms. The fourth-order valence-electron chi connectivity index (χ4n) is 3.60. The third-order valence-corrected chi connectivity index (χ3v) is 4.82. The van der Waals surface area contributed by atoms with Gasteiger partial charge in [0.15, 0.2) is 5.82 Å². The van der Waals surface area contributed by atoms with Crippen molar-refractivity contribution in [2.45, 2.75) is 32.6 Å². The second-order valence-corrected chi connectivity index (χ2v) is 6.84. The number of hydrogen-bond donors (Lipinski definition) is 1. The topological polar surface area (TPSA) is 74.8 Å². The maximum absolute atomic E-state index is 13.5. The molecule has 0 saturated carbocycles. The number of H-pyrrole nitrogens is 1. The summed E-state index contributed by atoms with van der Waals surface area (Å²) in [6.45, 7) is 4.97. The summed E-state index contributed by atoms with van der Waals surface area (Å²) in [6.07, 6.45) is 1.86. The van der Waals surface area contributed by atoms with Crippen molar-refractivity contribution in [2.75, 3.05) is 13.1 Å². The summed E-state index contributed by atoms with van der Waals surface area (Å²) in [4.78, 5) is 23.8. The van der Waals surface area contributed by atoms with Gasteiger partial charge in [0.05, 0.1) is 11.1 Å². The van der Waals surface area contributed by atoms with Crippen LogP contribution >= 0.6 is 0 Å². The second kappa shape index (κ2) is 6.48. The van der Waals surface area contributed by atoms with E-state index in [1.807, 2.05) is 18.7 Å². The Kier molecular flexibility index (Phi) is 4.14. The minimum atomic E-state index is -0.355. The van der Waals surface area contributed by atoms with Gasteiger partial charge in [-0.05, 0) is 44.9 Å². The standard InChI is InChI=1S/C19H20FN5O/c1-11-8-16(15-6-5-14(20)9-17(15)21-11)19(26)25-7-3-4-13(10-25)18-22-12(2)23-24-18/h5-6,8-9,13H,3-4,7,10H2,1-2H3,(H,22,23,24). The van der Waals surface area contributed by atoms with Gasteiger partial charge in [0.25, 0.3) is 5.91 Å². The number of amides is 1. The summed E-state index contributed by atoms with van der Waals surface area (Å²) in [7, 11) is 0. The van der Waals surface area contributed by atoms with Gasteiger partial charge in [-0.3, -0.25) is 14.9 Å². The second-order valence-electron chi connectivity index (χ2n) is 6.84. The van der Waals surface area contributed by atoms with Crippen LogP contribution in [0.15, 0.2) is 24.3 Å². The number of benzene rings is 1. The highest BCUT2D eigenvalue weighted by Crippen LogP contribution is 2.27. The number of likely N-dealkylation sites (tertiary alicyclic amines) is 1. The maximum Gasteiger partial charge on any atom is 0.254 e. The summed E-state index contributed by atoms with van der Waals surface area (Å²) in [5, 5.41) is 7.80. The molecule has 1 saturated heterocycles. The summed E-state index contributed by atoms with van der Waals surface area (Å²) >= 11 is 0. The smallest absolute Gasteiger partial charge is 0.254 e. The van der Waals surface area contributed by atoms with Crippen molar-refractivity contribution in [3.8, 4) is 0 Å². The quantitative estimate of drug-likeness (QED) is 0.768. The summed E-state index contributed by atoms with van der Waals surface area (Å²) < 4.78 is 13.5. The molecule has 1 unspecified atom stereocenters. The third-order valence-electron chi connectivity index (χ3n) is 4.82. The minimum Gasteiger partial charge on any atom is -0.338 e. The predicted octanol–water partition coefficient (Wildman–Crippen LogP) is 3.13. The highest BCUT2D eigenvalue weighted by atomic mass is 19.1. The Morgan fingerprint density at radius 1 is 1.27 bits per heavy atom. The number of pyridine rings is 1. The Labute approximate surface area is 150 Å². The van der Waals surface area contributed by atoms with E-state index in [4.69, 9.17) is 0 Å². The molecule has 1 aliphatic rings. The van der Waals surface area contributed by atoms with E-state index in [-0.39, 0.29) is 17.6 Å². The van der Waals surface area contributed by atoms with E-state index in [1.165, 1.54) is 12.1 Å². The van der Waals surface area contributed by atoms with Gasteiger partial charge in [0.2, 0.25) is 0 Å². The molecule has 134 valence electrons. The van der Waals surface area contributed by atoms with Gasteiger partial charge >= 0.3 is 0 Å². The van der Waals surface area contributed by atoms with Crippen LogP contribution in [-0.2, 0) is 0 Å². The SMILES string of the molecule is Cc1cc(C(=O)N2CCCC(c3n[nH]c(C)n3)C2)c2ccc(F)cc2n1. The first kappa shape index (κ1) is 16.6. The van der Waals surface area contributed by atoms with Crippen molar-refractivity contribution in [1.29, 1.82) is 0 Å². The molecule has 3 aromatic rings. The van der Waals surface area contributed by atoms with Gasteiger partial charge in [-0.1, -0.05) is 0 Å². The molecule has 1 fully saturated rings. The molecule has 1 aliphatic heterocycles.